The van der Waals surface area contributed by atoms with Crippen LogP contribution >= 0.6 is 11.8 Å². The van der Waals surface area contributed by atoms with Gasteiger partial charge in [0.1, 0.15) is 34.9 Å². The molecule has 1 fully saturated rings. The second-order valence-corrected chi connectivity index (χ2v) is 9.68. The number of carbonyl (C=O) groups excluding carboxylic acids is 3. The minimum absolute atomic E-state index is 0.0863. The lowest BCUT2D eigenvalue weighted by Gasteiger charge is -2.51. The summed E-state index contributed by atoms with van der Waals surface area (Å²) < 4.78 is 17.0. The molecular weight excluding hydrogens is 468 g/mol. The Morgan fingerprint density at radius 2 is 1.71 bits per heavy atom. The first-order valence-electron chi connectivity index (χ1n) is 11.4. The van der Waals surface area contributed by atoms with Gasteiger partial charge >= 0.3 is 5.97 Å². The van der Waals surface area contributed by atoms with Crippen LogP contribution in [0.15, 0.2) is 71.9 Å². The van der Waals surface area contributed by atoms with Crippen LogP contribution in [-0.4, -0.2) is 52.2 Å². The zero-order chi connectivity index (χ0) is 24.9. The number of fused-ring (bicyclic) bond motifs is 1. The van der Waals surface area contributed by atoms with E-state index in [-0.39, 0.29) is 30.9 Å². The Labute approximate surface area is 208 Å². The molecule has 2 aromatic carbocycles. The Morgan fingerprint density at radius 3 is 2.37 bits per heavy atom. The third-order valence-electron chi connectivity index (χ3n) is 5.51. The molecule has 4 rings (SSSR count). The number of carbonyl (C=O) groups is 3. The van der Waals surface area contributed by atoms with Crippen LogP contribution in [0.4, 0.5) is 0 Å². The van der Waals surface area contributed by atoms with Gasteiger partial charge in [-0.05, 0) is 44.0 Å². The molecule has 2 aliphatic heterocycles. The zero-order valence-corrected chi connectivity index (χ0v) is 20.6. The van der Waals surface area contributed by atoms with Crippen molar-refractivity contribution in [1.82, 2.24) is 10.2 Å². The molecule has 2 heterocycles. The summed E-state index contributed by atoms with van der Waals surface area (Å²) >= 11 is 1.38. The maximum absolute atomic E-state index is 13.1. The molecule has 3 atom stereocenters. The third-order valence-corrected chi connectivity index (χ3v) is 6.98. The Hall–Kier alpha value is -3.30. The van der Waals surface area contributed by atoms with Crippen LogP contribution in [0.25, 0.3) is 0 Å². The monoisotopic (exact) mass is 496 g/mol. The van der Waals surface area contributed by atoms with Gasteiger partial charge in [0.05, 0.1) is 6.10 Å². The molecule has 184 valence electrons. The lowest BCUT2D eigenvalue weighted by molar-refractivity contribution is -0.154. The average molecular weight is 497 g/mol. The van der Waals surface area contributed by atoms with E-state index in [1.165, 1.54) is 16.7 Å². The third kappa shape index (κ3) is 5.68. The van der Waals surface area contributed by atoms with E-state index in [0.29, 0.717) is 11.3 Å². The van der Waals surface area contributed by atoms with Gasteiger partial charge in [0.25, 0.3) is 11.8 Å². The second-order valence-electron chi connectivity index (χ2n) is 8.49. The van der Waals surface area contributed by atoms with Crippen molar-refractivity contribution in [3.63, 3.8) is 0 Å². The molecule has 1 saturated heterocycles. The van der Waals surface area contributed by atoms with E-state index >= 15 is 0 Å². The number of nitrogens with zero attached hydrogens (tertiary/aromatic N) is 1. The molecule has 0 bridgehead atoms. The average Bonchev–Trinajstić information content (AvgIpc) is 2.86. The van der Waals surface area contributed by atoms with E-state index in [9.17, 15) is 14.4 Å². The first-order chi connectivity index (χ1) is 16.8. The zero-order valence-electron chi connectivity index (χ0n) is 19.8. The van der Waals surface area contributed by atoms with Crippen LogP contribution in [-0.2, 0) is 30.5 Å². The number of ether oxygens (including phenoxy) is 3. The molecule has 0 unspecified atom stereocenters. The summed E-state index contributed by atoms with van der Waals surface area (Å²) in [6.07, 6.45) is -0.0984. The van der Waals surface area contributed by atoms with Gasteiger partial charge in [-0.25, -0.2) is 4.79 Å². The fourth-order valence-corrected chi connectivity index (χ4v) is 5.35. The summed E-state index contributed by atoms with van der Waals surface area (Å²) in [5, 5.41) is 2.24. The van der Waals surface area contributed by atoms with E-state index in [2.05, 4.69) is 5.32 Å². The Kier molecular flexibility index (Phi) is 7.77. The molecule has 8 nitrogen and oxygen atoms in total. The van der Waals surface area contributed by atoms with Crippen molar-refractivity contribution < 1.29 is 28.6 Å². The number of benzene rings is 2. The number of thioether (sulfide) groups is 1. The number of hydrogen-bond acceptors (Lipinski definition) is 7. The first kappa shape index (κ1) is 24.8. The van der Waals surface area contributed by atoms with Crippen molar-refractivity contribution in [3.05, 3.63) is 77.5 Å². The van der Waals surface area contributed by atoms with Crippen LogP contribution in [0, 0.1) is 0 Å². The Balaban J connectivity index is 1.46. The maximum atomic E-state index is 13.1. The molecule has 0 saturated carbocycles. The van der Waals surface area contributed by atoms with E-state index in [1.54, 1.807) is 31.2 Å². The van der Waals surface area contributed by atoms with Gasteiger partial charge in [-0.15, -0.1) is 0 Å². The number of nitrogens with one attached hydrogen (secondary N) is 1. The number of hydrogen-bond donors (Lipinski definition) is 1. The summed E-state index contributed by atoms with van der Waals surface area (Å²) in [5.74, 6) is -0.832. The Bertz CT molecular complexity index is 1110. The number of para-hydroxylation sites is 1. The van der Waals surface area contributed by atoms with Crippen LogP contribution < -0.4 is 10.1 Å². The number of amides is 2. The summed E-state index contributed by atoms with van der Waals surface area (Å²) in [6, 6.07) is 17.5. The normalized spacial score (nSPS) is 21.3. The van der Waals surface area contributed by atoms with E-state index in [1.807, 2.05) is 50.2 Å². The van der Waals surface area contributed by atoms with E-state index in [4.69, 9.17) is 14.2 Å². The van der Waals surface area contributed by atoms with Gasteiger partial charge in [0.2, 0.25) is 0 Å². The highest BCUT2D eigenvalue weighted by molar-refractivity contribution is 8.00. The molecule has 9 heteroatoms. The van der Waals surface area contributed by atoms with Crippen LogP contribution in [0.2, 0.25) is 0 Å². The van der Waals surface area contributed by atoms with Crippen LogP contribution in [0.5, 0.6) is 5.75 Å². The predicted molar refractivity (Wildman–Crippen MR) is 131 cm³/mol. The van der Waals surface area contributed by atoms with Crippen molar-refractivity contribution >= 4 is 29.5 Å². The van der Waals surface area contributed by atoms with Crippen molar-refractivity contribution in [3.8, 4) is 5.75 Å². The van der Waals surface area contributed by atoms with Crippen molar-refractivity contribution in [2.75, 3.05) is 6.61 Å². The van der Waals surface area contributed by atoms with Gasteiger partial charge in [0, 0.05) is 0 Å². The largest absolute Gasteiger partial charge is 0.484 e. The maximum Gasteiger partial charge on any atom is 0.355 e. The van der Waals surface area contributed by atoms with E-state index < -0.39 is 28.7 Å². The fourth-order valence-electron chi connectivity index (χ4n) is 3.82. The highest BCUT2D eigenvalue weighted by Crippen LogP contribution is 2.45. The molecule has 0 aliphatic carbocycles. The SMILES string of the molecule is CC1=C(C(=O)OCc2ccccc2)N2C(=O)[C@H](NC(=O)COc3ccccc3)[C@H]2S[C@@H]1OC(C)C. The molecule has 0 radical (unpaired) electrons. The summed E-state index contributed by atoms with van der Waals surface area (Å²) in [6.45, 7) is 5.43. The lowest BCUT2D eigenvalue weighted by Crippen LogP contribution is -2.71. The molecule has 2 aromatic rings. The molecular formula is C26H28N2O6S. The summed E-state index contributed by atoms with van der Waals surface area (Å²) in [7, 11) is 0. The Morgan fingerprint density at radius 1 is 1.06 bits per heavy atom. The minimum atomic E-state index is -0.796. The van der Waals surface area contributed by atoms with Crippen molar-refractivity contribution in [2.45, 2.75) is 50.3 Å². The highest BCUT2D eigenvalue weighted by atomic mass is 32.2. The lowest BCUT2D eigenvalue weighted by atomic mass is 10.0. The van der Waals surface area contributed by atoms with Crippen LogP contribution in [0.1, 0.15) is 26.3 Å². The molecule has 2 aliphatic rings. The molecule has 1 N–H and O–H groups in total. The second kappa shape index (κ2) is 11.0. The van der Waals surface area contributed by atoms with Crippen molar-refractivity contribution in [1.29, 1.82) is 0 Å². The fraction of sp³-hybridized carbons (Fsp3) is 0.346. The standard InChI is InChI=1S/C26H28N2O6S/c1-16(2)34-26-17(3)22(25(31)33-14-18-10-6-4-7-11-18)28-23(30)21(24(28)35-26)27-20(29)15-32-19-12-8-5-9-13-19/h4-13,16,21,24,26H,14-15H2,1-3H3,(H,27,29)/t21-,24+,26-/m0/s1. The molecule has 0 spiro atoms. The minimum Gasteiger partial charge on any atom is -0.484 e. The predicted octanol–water partition coefficient (Wildman–Crippen LogP) is 3.23. The summed E-state index contributed by atoms with van der Waals surface area (Å²) in [4.78, 5) is 40.0. The molecule has 35 heavy (non-hydrogen) atoms. The van der Waals surface area contributed by atoms with Crippen LogP contribution in [0.3, 0.4) is 0 Å². The molecule has 2 amide bonds. The van der Waals surface area contributed by atoms with Gasteiger partial charge in [0.15, 0.2) is 6.61 Å². The van der Waals surface area contributed by atoms with Gasteiger partial charge < -0.3 is 19.5 Å². The number of β-lactam (4-membered cyclic amide) rings is 1. The summed E-state index contributed by atoms with van der Waals surface area (Å²) in [5.41, 5.74) is 1.17. The van der Waals surface area contributed by atoms with Gasteiger partial charge in [-0.1, -0.05) is 60.3 Å². The van der Waals surface area contributed by atoms with Gasteiger partial charge in [-0.2, -0.15) is 0 Å². The topological polar surface area (TPSA) is 94.2 Å². The molecule has 0 aromatic heterocycles. The highest BCUT2D eigenvalue weighted by Gasteiger charge is 2.56. The van der Waals surface area contributed by atoms with Crippen molar-refractivity contribution in [2.24, 2.45) is 0 Å². The van der Waals surface area contributed by atoms with E-state index in [0.717, 1.165) is 5.56 Å². The van der Waals surface area contributed by atoms with Gasteiger partial charge in [-0.3, -0.25) is 14.5 Å². The first-order valence-corrected chi connectivity index (χ1v) is 12.3. The quantitative estimate of drug-likeness (QED) is 0.421. The number of rotatable bonds is 9. The number of esters is 1. The smallest absolute Gasteiger partial charge is 0.355 e.